The number of carbonyl (C=O) groups excluding carboxylic acids is 1. The van der Waals surface area contributed by atoms with Gasteiger partial charge < -0.3 is 20.5 Å². The fourth-order valence-corrected chi connectivity index (χ4v) is 2.35. The van der Waals surface area contributed by atoms with Crippen LogP contribution in [-0.2, 0) is 0 Å². The highest BCUT2D eigenvalue weighted by Crippen LogP contribution is 2.20. The Balaban J connectivity index is 1.94. The van der Waals surface area contributed by atoms with Crippen LogP contribution in [0.5, 0.6) is 5.88 Å². The number of amides is 2. The van der Waals surface area contributed by atoms with Gasteiger partial charge in [-0.05, 0) is 12.8 Å². The summed E-state index contributed by atoms with van der Waals surface area (Å²) in [4.78, 5) is 19.7. The first-order chi connectivity index (χ1) is 9.70. The Bertz CT molecular complexity index is 455. The van der Waals surface area contributed by atoms with E-state index in [0.29, 0.717) is 11.6 Å². The van der Waals surface area contributed by atoms with E-state index in [1.807, 2.05) is 0 Å². The molecule has 0 spiro atoms. The molecule has 110 valence electrons. The highest BCUT2D eigenvalue weighted by Gasteiger charge is 2.23. The first-order valence-corrected chi connectivity index (χ1v) is 6.80. The van der Waals surface area contributed by atoms with Gasteiger partial charge in [0.25, 0.3) is 0 Å². The predicted molar refractivity (Wildman–Crippen MR) is 73.6 cm³/mol. The lowest BCUT2D eigenvalue weighted by Crippen LogP contribution is -2.44. The second kappa shape index (κ2) is 7.04. The molecule has 0 unspecified atom stereocenters. The molecule has 1 aliphatic carbocycles. The van der Waals surface area contributed by atoms with Crippen molar-refractivity contribution in [3.63, 3.8) is 0 Å². The Morgan fingerprint density at radius 1 is 1.40 bits per heavy atom. The number of carbonyl (C=O) groups is 1. The second-order valence-corrected chi connectivity index (χ2v) is 4.86. The number of hydrogen-bond donors (Lipinski definition) is 3. The lowest BCUT2D eigenvalue weighted by atomic mass is 10.1. The van der Waals surface area contributed by atoms with E-state index in [4.69, 9.17) is 4.74 Å². The van der Waals surface area contributed by atoms with Crippen LogP contribution in [0.25, 0.3) is 0 Å². The van der Waals surface area contributed by atoms with Gasteiger partial charge in [-0.2, -0.15) is 4.98 Å². The molecule has 1 aromatic heterocycles. The molecule has 0 bridgehead atoms. The van der Waals surface area contributed by atoms with E-state index in [0.717, 1.165) is 32.1 Å². The van der Waals surface area contributed by atoms with Crippen LogP contribution in [0.4, 0.5) is 10.5 Å². The summed E-state index contributed by atoms with van der Waals surface area (Å²) in [5.74, 6) is 0.302. The molecule has 7 nitrogen and oxygen atoms in total. The van der Waals surface area contributed by atoms with E-state index >= 15 is 0 Å². The Hall–Kier alpha value is -1.89. The van der Waals surface area contributed by atoms with Crippen LogP contribution in [0.3, 0.4) is 0 Å². The van der Waals surface area contributed by atoms with Gasteiger partial charge in [-0.3, -0.25) is 0 Å². The number of urea groups is 1. The summed E-state index contributed by atoms with van der Waals surface area (Å²) in [6, 6.07) is -0.600. The van der Waals surface area contributed by atoms with Crippen molar-refractivity contribution in [1.82, 2.24) is 15.3 Å². The maximum atomic E-state index is 12.0. The maximum Gasteiger partial charge on any atom is 0.319 e. The highest BCUT2D eigenvalue weighted by atomic mass is 16.5. The van der Waals surface area contributed by atoms with Crippen LogP contribution in [0, 0.1) is 0 Å². The molecule has 3 N–H and O–H groups in total. The minimum absolute atomic E-state index is 0.215. The minimum Gasteiger partial charge on any atom is -0.479 e. The summed E-state index contributed by atoms with van der Waals surface area (Å²) in [5.41, 5.74) is 0.399. The van der Waals surface area contributed by atoms with Crippen molar-refractivity contribution in [1.29, 1.82) is 0 Å². The molecule has 0 radical (unpaired) electrons. The van der Waals surface area contributed by atoms with Crippen LogP contribution in [0.2, 0.25) is 0 Å². The quantitative estimate of drug-likeness (QED) is 0.725. The average Bonchev–Trinajstić information content (AvgIpc) is 2.65. The van der Waals surface area contributed by atoms with Gasteiger partial charge in [0.05, 0.1) is 25.5 Å². The summed E-state index contributed by atoms with van der Waals surface area (Å²) in [6.45, 7) is 0. The van der Waals surface area contributed by atoms with Crippen LogP contribution >= 0.6 is 0 Å². The van der Waals surface area contributed by atoms with E-state index in [-0.39, 0.29) is 12.1 Å². The molecule has 2 amide bonds. The van der Waals surface area contributed by atoms with Gasteiger partial charge in [-0.1, -0.05) is 19.3 Å². The first-order valence-electron chi connectivity index (χ1n) is 6.80. The number of ether oxygens (including phenoxy) is 1. The third-order valence-corrected chi connectivity index (χ3v) is 3.41. The zero-order valence-corrected chi connectivity index (χ0v) is 11.5. The number of aliphatic hydroxyl groups excluding tert-OH is 1. The number of anilines is 1. The topological polar surface area (TPSA) is 96.4 Å². The molecular formula is C13H20N4O3. The van der Waals surface area contributed by atoms with Crippen molar-refractivity contribution in [2.24, 2.45) is 0 Å². The summed E-state index contributed by atoms with van der Waals surface area (Å²) >= 11 is 0. The van der Waals surface area contributed by atoms with E-state index in [2.05, 4.69) is 20.6 Å². The smallest absolute Gasteiger partial charge is 0.319 e. The molecule has 2 atom stereocenters. The maximum absolute atomic E-state index is 12.0. The van der Waals surface area contributed by atoms with Crippen molar-refractivity contribution in [3.05, 3.63) is 12.5 Å². The molecule has 1 aromatic rings. The number of rotatable bonds is 3. The van der Waals surface area contributed by atoms with Crippen LogP contribution in [0.15, 0.2) is 12.5 Å². The molecule has 7 heteroatoms. The SMILES string of the molecule is COc1ncncc1NC(=O)N[C@@H]1CCCCC[C@H]1O. The van der Waals surface area contributed by atoms with Crippen molar-refractivity contribution < 1.29 is 14.6 Å². The Kier molecular flexibility index (Phi) is 5.11. The van der Waals surface area contributed by atoms with Gasteiger partial charge in [0.1, 0.15) is 12.0 Å². The summed E-state index contributed by atoms with van der Waals surface area (Å²) in [5, 5.41) is 15.4. The normalized spacial score (nSPS) is 22.7. The molecule has 1 fully saturated rings. The Labute approximate surface area is 117 Å². The van der Waals surface area contributed by atoms with Crippen molar-refractivity contribution in [2.45, 2.75) is 44.2 Å². The van der Waals surface area contributed by atoms with Crippen molar-refractivity contribution >= 4 is 11.7 Å². The minimum atomic E-state index is -0.489. The highest BCUT2D eigenvalue weighted by molar-refractivity contribution is 5.90. The van der Waals surface area contributed by atoms with Gasteiger partial charge in [0.2, 0.25) is 5.88 Å². The first kappa shape index (κ1) is 14.5. The van der Waals surface area contributed by atoms with E-state index in [1.165, 1.54) is 19.6 Å². The van der Waals surface area contributed by atoms with Crippen LogP contribution in [-0.4, -0.2) is 40.4 Å². The van der Waals surface area contributed by atoms with Crippen molar-refractivity contribution in [3.8, 4) is 5.88 Å². The second-order valence-electron chi connectivity index (χ2n) is 4.86. The number of hydrogen-bond acceptors (Lipinski definition) is 5. The van der Waals surface area contributed by atoms with E-state index < -0.39 is 6.10 Å². The molecule has 1 aliphatic rings. The zero-order chi connectivity index (χ0) is 14.4. The molecule has 0 saturated heterocycles. The number of aliphatic hydroxyl groups is 1. The monoisotopic (exact) mass is 280 g/mol. The molecule has 1 heterocycles. The van der Waals surface area contributed by atoms with Gasteiger partial charge in [-0.25, -0.2) is 9.78 Å². The summed E-state index contributed by atoms with van der Waals surface area (Å²) in [6.07, 6.45) is 6.95. The molecule has 0 aromatic carbocycles. The fraction of sp³-hybridized carbons (Fsp3) is 0.615. The zero-order valence-electron chi connectivity index (χ0n) is 11.5. The molecule has 2 rings (SSSR count). The Morgan fingerprint density at radius 3 is 3.00 bits per heavy atom. The van der Waals surface area contributed by atoms with Gasteiger partial charge >= 0.3 is 6.03 Å². The lowest BCUT2D eigenvalue weighted by molar-refractivity contribution is 0.124. The van der Waals surface area contributed by atoms with E-state index in [9.17, 15) is 9.90 Å². The van der Waals surface area contributed by atoms with Gasteiger partial charge in [-0.15, -0.1) is 0 Å². The molecule has 1 saturated carbocycles. The van der Waals surface area contributed by atoms with Gasteiger partial charge in [0.15, 0.2) is 0 Å². The molecule has 20 heavy (non-hydrogen) atoms. The third-order valence-electron chi connectivity index (χ3n) is 3.41. The third kappa shape index (κ3) is 3.80. The van der Waals surface area contributed by atoms with Crippen LogP contribution in [0.1, 0.15) is 32.1 Å². The number of aromatic nitrogens is 2. The standard InChI is InChI=1S/C13H20N4O3/c1-20-12-10(7-14-8-15-12)17-13(19)16-9-5-3-2-4-6-11(9)18/h7-9,11,18H,2-6H2,1H3,(H2,16,17,19)/t9-,11-/m1/s1. The van der Waals surface area contributed by atoms with E-state index in [1.54, 1.807) is 0 Å². The summed E-state index contributed by atoms with van der Waals surface area (Å²) < 4.78 is 5.03. The Morgan fingerprint density at radius 2 is 2.20 bits per heavy atom. The van der Waals surface area contributed by atoms with Gasteiger partial charge in [0, 0.05) is 0 Å². The van der Waals surface area contributed by atoms with Crippen molar-refractivity contribution in [2.75, 3.05) is 12.4 Å². The molecular weight excluding hydrogens is 260 g/mol. The number of nitrogens with zero attached hydrogens (tertiary/aromatic N) is 2. The number of nitrogens with one attached hydrogen (secondary N) is 2. The predicted octanol–water partition coefficient (Wildman–Crippen LogP) is 1.30. The number of methoxy groups -OCH3 is 1. The van der Waals surface area contributed by atoms with Crippen LogP contribution < -0.4 is 15.4 Å². The molecule has 0 aliphatic heterocycles. The fourth-order valence-electron chi connectivity index (χ4n) is 2.35. The lowest BCUT2D eigenvalue weighted by Gasteiger charge is -2.22. The largest absolute Gasteiger partial charge is 0.479 e. The average molecular weight is 280 g/mol. The summed E-state index contributed by atoms with van der Waals surface area (Å²) in [7, 11) is 1.47.